The lowest BCUT2D eigenvalue weighted by Gasteiger charge is -2.14. The van der Waals surface area contributed by atoms with E-state index < -0.39 is 0 Å². The number of nitrogens with one attached hydrogen (secondary N) is 1. The first kappa shape index (κ1) is 17.2. The summed E-state index contributed by atoms with van der Waals surface area (Å²) in [7, 11) is 0. The van der Waals surface area contributed by atoms with Crippen LogP contribution in [-0.2, 0) is 6.54 Å². The van der Waals surface area contributed by atoms with Crippen molar-refractivity contribution in [2.24, 2.45) is 0 Å². The summed E-state index contributed by atoms with van der Waals surface area (Å²) in [5.41, 5.74) is 3.92. The fraction of sp³-hybridized carbons (Fsp3) is 0.824. The van der Waals surface area contributed by atoms with Gasteiger partial charge in [0.2, 0.25) is 0 Å². The smallest absolute Gasteiger partial charge is 0.0644 e. The Balaban J connectivity index is 2.57. The highest BCUT2D eigenvalue weighted by Crippen LogP contribution is 2.21. The molecule has 0 spiro atoms. The molecule has 1 atom stereocenters. The van der Waals surface area contributed by atoms with Gasteiger partial charge in [-0.3, -0.25) is 4.68 Å². The van der Waals surface area contributed by atoms with E-state index in [2.05, 4.69) is 44.6 Å². The van der Waals surface area contributed by atoms with Crippen LogP contribution in [0.2, 0.25) is 0 Å². The topological polar surface area (TPSA) is 29.9 Å². The maximum absolute atomic E-state index is 4.73. The van der Waals surface area contributed by atoms with Gasteiger partial charge in [-0.05, 0) is 40.2 Å². The Morgan fingerprint density at radius 3 is 2.40 bits per heavy atom. The molecule has 0 aromatic carbocycles. The Morgan fingerprint density at radius 2 is 1.75 bits per heavy atom. The molecule has 20 heavy (non-hydrogen) atoms. The third-order valence-corrected chi connectivity index (χ3v) is 4.04. The van der Waals surface area contributed by atoms with Gasteiger partial charge >= 0.3 is 0 Å². The van der Waals surface area contributed by atoms with E-state index in [4.69, 9.17) is 5.10 Å². The van der Waals surface area contributed by atoms with E-state index in [9.17, 15) is 0 Å². The summed E-state index contributed by atoms with van der Waals surface area (Å²) in [5, 5.41) is 8.31. The van der Waals surface area contributed by atoms with Gasteiger partial charge in [-0.25, -0.2) is 0 Å². The second kappa shape index (κ2) is 9.17. The molecule has 0 radical (unpaired) electrons. The van der Waals surface area contributed by atoms with Gasteiger partial charge in [0.15, 0.2) is 0 Å². The molecule has 0 saturated heterocycles. The summed E-state index contributed by atoms with van der Waals surface area (Å²) >= 11 is 0. The Kier molecular flexibility index (Phi) is 7.90. The summed E-state index contributed by atoms with van der Waals surface area (Å²) in [6.45, 7) is 13.2. The molecule has 116 valence electrons. The van der Waals surface area contributed by atoms with Crippen molar-refractivity contribution >= 4 is 0 Å². The first-order valence-electron chi connectivity index (χ1n) is 8.39. The average Bonchev–Trinajstić information content (AvgIpc) is 2.71. The van der Waals surface area contributed by atoms with Crippen molar-refractivity contribution in [3.8, 4) is 0 Å². The van der Waals surface area contributed by atoms with Gasteiger partial charge in [0.05, 0.1) is 5.69 Å². The van der Waals surface area contributed by atoms with Crippen LogP contribution < -0.4 is 5.32 Å². The second-order valence-corrected chi connectivity index (χ2v) is 5.90. The molecule has 1 N–H and O–H groups in total. The summed E-state index contributed by atoms with van der Waals surface area (Å²) in [6, 6.07) is 0.406. The molecule has 0 aliphatic rings. The normalized spacial score (nSPS) is 12.8. The summed E-state index contributed by atoms with van der Waals surface area (Å²) in [6.07, 6.45) is 7.78. The lowest BCUT2D eigenvalue weighted by Crippen LogP contribution is -2.20. The van der Waals surface area contributed by atoms with Crippen LogP contribution in [0.15, 0.2) is 0 Å². The number of nitrogens with zero attached hydrogens (tertiary/aromatic N) is 2. The molecular formula is C17H33N3. The third kappa shape index (κ3) is 4.93. The number of rotatable bonds is 10. The minimum atomic E-state index is 0.406. The van der Waals surface area contributed by atoms with Crippen molar-refractivity contribution in [3.63, 3.8) is 0 Å². The predicted octanol–water partition coefficient (Wildman–Crippen LogP) is 4.53. The zero-order valence-electron chi connectivity index (χ0n) is 14.1. The first-order valence-corrected chi connectivity index (χ1v) is 8.39. The summed E-state index contributed by atoms with van der Waals surface area (Å²) in [5.74, 6) is 0. The van der Waals surface area contributed by atoms with Crippen LogP contribution in [0, 0.1) is 13.8 Å². The molecular weight excluding hydrogens is 246 g/mol. The van der Waals surface area contributed by atoms with Gasteiger partial charge in [-0.1, -0.05) is 39.5 Å². The molecule has 3 heteroatoms. The molecule has 1 rings (SSSR count). The van der Waals surface area contributed by atoms with Gasteiger partial charge in [-0.15, -0.1) is 0 Å². The minimum absolute atomic E-state index is 0.406. The van der Waals surface area contributed by atoms with E-state index in [1.165, 1.54) is 55.5 Å². The van der Waals surface area contributed by atoms with E-state index in [0.717, 1.165) is 13.1 Å². The molecule has 0 amide bonds. The second-order valence-electron chi connectivity index (χ2n) is 5.90. The van der Waals surface area contributed by atoms with E-state index in [1.54, 1.807) is 0 Å². The van der Waals surface area contributed by atoms with E-state index in [-0.39, 0.29) is 0 Å². The number of unbranched alkanes of at least 4 members (excludes halogenated alkanes) is 4. The highest BCUT2D eigenvalue weighted by Gasteiger charge is 2.16. The molecule has 1 unspecified atom stereocenters. The van der Waals surface area contributed by atoms with E-state index >= 15 is 0 Å². The third-order valence-electron chi connectivity index (χ3n) is 4.04. The fourth-order valence-corrected chi connectivity index (χ4v) is 2.88. The lowest BCUT2D eigenvalue weighted by molar-refractivity contribution is 0.519. The van der Waals surface area contributed by atoms with Crippen LogP contribution >= 0.6 is 0 Å². The quantitative estimate of drug-likeness (QED) is 0.638. The summed E-state index contributed by atoms with van der Waals surface area (Å²) in [4.78, 5) is 0. The van der Waals surface area contributed by atoms with Crippen LogP contribution in [0.5, 0.6) is 0 Å². The largest absolute Gasteiger partial charge is 0.310 e. The number of hydrogen-bond donors (Lipinski definition) is 1. The molecule has 0 bridgehead atoms. The van der Waals surface area contributed by atoms with Crippen molar-refractivity contribution < 1.29 is 0 Å². The van der Waals surface area contributed by atoms with Crippen LogP contribution in [0.3, 0.4) is 0 Å². The molecule has 0 saturated carbocycles. The molecule has 0 aliphatic carbocycles. The number of aryl methyl sites for hydroxylation is 2. The van der Waals surface area contributed by atoms with Crippen LogP contribution in [0.25, 0.3) is 0 Å². The monoisotopic (exact) mass is 279 g/mol. The average molecular weight is 279 g/mol. The zero-order valence-corrected chi connectivity index (χ0v) is 14.1. The Labute approximate surface area is 125 Å². The van der Waals surface area contributed by atoms with E-state index in [1.807, 2.05) is 0 Å². The first-order chi connectivity index (χ1) is 9.61. The number of aromatic nitrogens is 2. The molecule has 0 fully saturated rings. The fourth-order valence-electron chi connectivity index (χ4n) is 2.88. The molecule has 3 nitrogen and oxygen atoms in total. The zero-order chi connectivity index (χ0) is 15.0. The van der Waals surface area contributed by atoms with Crippen molar-refractivity contribution in [3.05, 3.63) is 17.0 Å². The SMILES string of the molecule is CCCCCCCn1nc(C)c(C(C)NCCC)c1C. The van der Waals surface area contributed by atoms with Crippen molar-refractivity contribution in [1.29, 1.82) is 0 Å². The Bertz CT molecular complexity index is 382. The Morgan fingerprint density at radius 1 is 1.05 bits per heavy atom. The van der Waals surface area contributed by atoms with E-state index in [0.29, 0.717) is 6.04 Å². The molecule has 1 aromatic rings. The van der Waals surface area contributed by atoms with Gasteiger partial charge in [0, 0.05) is 23.8 Å². The van der Waals surface area contributed by atoms with Crippen LogP contribution in [0.1, 0.15) is 82.3 Å². The molecule has 1 heterocycles. The predicted molar refractivity (Wildman–Crippen MR) is 87.2 cm³/mol. The number of hydrogen-bond acceptors (Lipinski definition) is 2. The molecule has 1 aromatic heterocycles. The maximum atomic E-state index is 4.73. The van der Waals surface area contributed by atoms with Gasteiger partial charge in [-0.2, -0.15) is 5.10 Å². The highest BCUT2D eigenvalue weighted by molar-refractivity contribution is 5.27. The maximum Gasteiger partial charge on any atom is 0.0644 e. The van der Waals surface area contributed by atoms with Crippen LogP contribution in [0.4, 0.5) is 0 Å². The minimum Gasteiger partial charge on any atom is -0.310 e. The van der Waals surface area contributed by atoms with Crippen molar-refractivity contribution in [1.82, 2.24) is 15.1 Å². The van der Waals surface area contributed by atoms with Crippen LogP contribution in [-0.4, -0.2) is 16.3 Å². The van der Waals surface area contributed by atoms with Gasteiger partial charge < -0.3 is 5.32 Å². The standard InChI is InChI=1S/C17H33N3/c1-6-8-9-10-11-13-20-16(5)17(15(4)19-20)14(3)18-12-7-2/h14,18H,6-13H2,1-5H3. The summed E-state index contributed by atoms with van der Waals surface area (Å²) < 4.78 is 2.21. The Hall–Kier alpha value is -0.830. The highest BCUT2D eigenvalue weighted by atomic mass is 15.3. The van der Waals surface area contributed by atoms with Gasteiger partial charge in [0.1, 0.15) is 0 Å². The van der Waals surface area contributed by atoms with Crippen molar-refractivity contribution in [2.75, 3.05) is 6.54 Å². The van der Waals surface area contributed by atoms with Gasteiger partial charge in [0.25, 0.3) is 0 Å². The lowest BCUT2D eigenvalue weighted by atomic mass is 10.1. The molecule has 0 aliphatic heterocycles. The van der Waals surface area contributed by atoms with Crippen molar-refractivity contribution in [2.45, 2.75) is 85.7 Å².